The molecule has 1 aliphatic heterocycles. The molecule has 2 N–H and O–H groups in total. The zero-order valence-electron chi connectivity index (χ0n) is 4.43. The van der Waals surface area contributed by atoms with Crippen LogP contribution < -0.4 is 18.1 Å². The molecule has 0 aliphatic carbocycles. The lowest BCUT2D eigenvalue weighted by Crippen LogP contribution is -3.00. The van der Waals surface area contributed by atoms with E-state index in [4.69, 9.17) is 5.73 Å². The molecule has 0 radical (unpaired) electrons. The lowest BCUT2D eigenvalue weighted by molar-refractivity contribution is -0.00000153. The summed E-state index contributed by atoms with van der Waals surface area (Å²) < 4.78 is 0. The standard InChI is InChI=1S/C4H8N2S.ClH/c5-4-6-2-1-3-7-4;/h1-3H2,(H2,5,6);1H/p-1. The van der Waals surface area contributed by atoms with Crippen molar-refractivity contribution in [2.24, 2.45) is 10.7 Å². The SMILES string of the molecule is NC1=NCCCS1.[Cl-]. The van der Waals surface area contributed by atoms with Gasteiger partial charge in [0.2, 0.25) is 0 Å². The van der Waals surface area contributed by atoms with Crippen molar-refractivity contribution in [1.82, 2.24) is 0 Å². The second-order valence-electron chi connectivity index (χ2n) is 1.42. The highest BCUT2D eigenvalue weighted by molar-refractivity contribution is 8.13. The maximum atomic E-state index is 5.35. The van der Waals surface area contributed by atoms with Crippen molar-refractivity contribution in [2.45, 2.75) is 6.42 Å². The van der Waals surface area contributed by atoms with Gasteiger partial charge < -0.3 is 18.1 Å². The molecular formula is C4H8ClN2S-. The number of amidine groups is 1. The summed E-state index contributed by atoms with van der Waals surface area (Å²) in [5, 5.41) is 0.756. The maximum Gasteiger partial charge on any atom is 0.153 e. The molecule has 0 bridgehead atoms. The molecule has 48 valence electrons. The number of rotatable bonds is 0. The van der Waals surface area contributed by atoms with Gasteiger partial charge in [0.15, 0.2) is 5.17 Å². The van der Waals surface area contributed by atoms with Crippen LogP contribution in [0.25, 0.3) is 0 Å². The summed E-state index contributed by atoms with van der Waals surface area (Å²) in [5.74, 6) is 1.15. The highest BCUT2D eigenvalue weighted by Gasteiger charge is 1.97. The first-order valence-corrected chi connectivity index (χ1v) is 3.31. The third kappa shape index (κ3) is 2.43. The molecule has 0 aromatic carbocycles. The first kappa shape index (κ1) is 8.11. The van der Waals surface area contributed by atoms with Gasteiger partial charge in [-0.2, -0.15) is 0 Å². The van der Waals surface area contributed by atoms with Gasteiger partial charge in [-0.15, -0.1) is 0 Å². The van der Waals surface area contributed by atoms with E-state index < -0.39 is 0 Å². The van der Waals surface area contributed by atoms with Crippen LogP contribution in [0.1, 0.15) is 6.42 Å². The second kappa shape index (κ2) is 4.04. The maximum absolute atomic E-state index is 5.35. The van der Waals surface area contributed by atoms with Crippen molar-refractivity contribution in [3.63, 3.8) is 0 Å². The van der Waals surface area contributed by atoms with Gasteiger partial charge in [0.05, 0.1) is 0 Å². The molecule has 0 fully saturated rings. The Hall–Kier alpha value is 0.110. The highest BCUT2D eigenvalue weighted by atomic mass is 35.5. The highest BCUT2D eigenvalue weighted by Crippen LogP contribution is 2.07. The van der Waals surface area contributed by atoms with E-state index in [1.807, 2.05) is 0 Å². The van der Waals surface area contributed by atoms with Crippen molar-refractivity contribution < 1.29 is 12.4 Å². The van der Waals surface area contributed by atoms with Crippen molar-refractivity contribution in [2.75, 3.05) is 12.3 Å². The molecule has 1 rings (SSSR count). The zero-order valence-corrected chi connectivity index (χ0v) is 6.00. The molecule has 0 aromatic rings. The Kier molecular flexibility index (Phi) is 4.09. The van der Waals surface area contributed by atoms with Gasteiger partial charge >= 0.3 is 0 Å². The summed E-state index contributed by atoms with van der Waals surface area (Å²) in [4.78, 5) is 3.99. The quantitative estimate of drug-likeness (QED) is 0.414. The van der Waals surface area contributed by atoms with Crippen molar-refractivity contribution >= 4 is 16.9 Å². The topological polar surface area (TPSA) is 38.4 Å². The molecule has 1 aliphatic rings. The summed E-state index contributed by atoms with van der Waals surface area (Å²) >= 11 is 1.65. The van der Waals surface area contributed by atoms with E-state index in [0.29, 0.717) is 0 Å². The van der Waals surface area contributed by atoms with E-state index in [2.05, 4.69) is 4.99 Å². The molecule has 0 aromatic heterocycles. The predicted molar refractivity (Wildman–Crippen MR) is 33.6 cm³/mol. The van der Waals surface area contributed by atoms with Crippen LogP contribution in [0.2, 0.25) is 0 Å². The lowest BCUT2D eigenvalue weighted by atomic mass is 10.5. The summed E-state index contributed by atoms with van der Waals surface area (Å²) in [6.45, 7) is 0.929. The minimum Gasteiger partial charge on any atom is -1.00 e. The van der Waals surface area contributed by atoms with Crippen LogP contribution in [0.5, 0.6) is 0 Å². The number of thioether (sulfide) groups is 1. The van der Waals surface area contributed by atoms with Crippen molar-refractivity contribution in [3.05, 3.63) is 0 Å². The number of halogens is 1. The molecule has 0 amide bonds. The summed E-state index contributed by atoms with van der Waals surface area (Å²) in [6, 6.07) is 0. The van der Waals surface area contributed by atoms with Crippen LogP contribution in [0.15, 0.2) is 4.99 Å². The van der Waals surface area contributed by atoms with Crippen LogP contribution in [-0.2, 0) is 0 Å². The average molecular weight is 152 g/mol. The van der Waals surface area contributed by atoms with E-state index in [-0.39, 0.29) is 12.4 Å². The number of aliphatic imine (C=N–C) groups is 1. The monoisotopic (exact) mass is 151 g/mol. The molecule has 0 saturated carbocycles. The van der Waals surface area contributed by atoms with E-state index in [0.717, 1.165) is 17.5 Å². The Bertz CT molecular complexity index is 94.0. The predicted octanol–water partition coefficient (Wildman–Crippen LogP) is -2.56. The van der Waals surface area contributed by atoms with Gasteiger partial charge in [0, 0.05) is 12.3 Å². The lowest BCUT2D eigenvalue weighted by Gasteiger charge is -2.04. The summed E-state index contributed by atoms with van der Waals surface area (Å²) in [7, 11) is 0. The van der Waals surface area contributed by atoms with Crippen LogP contribution in [-0.4, -0.2) is 17.5 Å². The Morgan fingerprint density at radius 2 is 2.38 bits per heavy atom. The molecule has 8 heavy (non-hydrogen) atoms. The van der Waals surface area contributed by atoms with Crippen LogP contribution in [0.3, 0.4) is 0 Å². The van der Waals surface area contributed by atoms with Gasteiger partial charge in [0.1, 0.15) is 0 Å². The van der Waals surface area contributed by atoms with Gasteiger partial charge in [-0.3, -0.25) is 4.99 Å². The van der Waals surface area contributed by atoms with Gasteiger partial charge in [-0.25, -0.2) is 0 Å². The minimum absolute atomic E-state index is 0. The normalized spacial score (nSPS) is 18.8. The minimum atomic E-state index is 0. The van der Waals surface area contributed by atoms with Gasteiger partial charge in [-0.05, 0) is 6.42 Å². The van der Waals surface area contributed by atoms with Crippen molar-refractivity contribution in [3.8, 4) is 0 Å². The Balaban J connectivity index is 0.000000490. The molecule has 2 nitrogen and oxygen atoms in total. The molecule has 0 saturated heterocycles. The fourth-order valence-corrected chi connectivity index (χ4v) is 1.14. The summed E-state index contributed by atoms with van der Waals surface area (Å²) in [5.41, 5.74) is 5.35. The van der Waals surface area contributed by atoms with E-state index in [1.54, 1.807) is 11.8 Å². The molecule has 0 spiro atoms. The van der Waals surface area contributed by atoms with Crippen LogP contribution >= 0.6 is 11.8 Å². The Labute approximate surface area is 59.3 Å². The number of nitrogens with zero attached hydrogens (tertiary/aromatic N) is 1. The van der Waals surface area contributed by atoms with Crippen LogP contribution in [0.4, 0.5) is 0 Å². The summed E-state index contributed by atoms with van der Waals surface area (Å²) in [6.07, 6.45) is 1.19. The molecule has 0 atom stereocenters. The van der Waals surface area contributed by atoms with E-state index in [1.165, 1.54) is 6.42 Å². The molecular weight excluding hydrogens is 144 g/mol. The average Bonchev–Trinajstić information content (AvgIpc) is 1.69. The third-order valence-corrected chi connectivity index (χ3v) is 1.74. The first-order valence-electron chi connectivity index (χ1n) is 2.32. The fourth-order valence-electron chi connectivity index (χ4n) is 0.476. The third-order valence-electron chi connectivity index (χ3n) is 0.820. The van der Waals surface area contributed by atoms with E-state index >= 15 is 0 Å². The Morgan fingerprint density at radius 3 is 2.62 bits per heavy atom. The molecule has 4 heteroatoms. The number of nitrogens with two attached hydrogens (primary N) is 1. The molecule has 1 heterocycles. The first-order chi connectivity index (χ1) is 3.39. The number of hydrogen-bond donors (Lipinski definition) is 1. The van der Waals surface area contributed by atoms with Gasteiger partial charge in [0.25, 0.3) is 0 Å². The van der Waals surface area contributed by atoms with Crippen molar-refractivity contribution in [1.29, 1.82) is 0 Å². The van der Waals surface area contributed by atoms with E-state index in [9.17, 15) is 0 Å². The number of hydrogen-bond acceptors (Lipinski definition) is 3. The largest absolute Gasteiger partial charge is 1.00 e. The zero-order chi connectivity index (χ0) is 5.11. The van der Waals surface area contributed by atoms with Gasteiger partial charge in [-0.1, -0.05) is 11.8 Å². The second-order valence-corrected chi connectivity index (χ2v) is 2.54. The van der Waals surface area contributed by atoms with Crippen LogP contribution in [0, 0.1) is 0 Å². The Morgan fingerprint density at radius 1 is 1.62 bits per heavy atom. The molecule has 0 unspecified atom stereocenters. The smallest absolute Gasteiger partial charge is 0.153 e. The fraction of sp³-hybridized carbons (Fsp3) is 0.750.